The zero-order chi connectivity index (χ0) is 12.1. The third-order valence-corrected chi connectivity index (χ3v) is 4.67. The van der Waals surface area contributed by atoms with Crippen molar-refractivity contribution in [3.63, 3.8) is 0 Å². The van der Waals surface area contributed by atoms with E-state index in [1.54, 1.807) is 0 Å². The summed E-state index contributed by atoms with van der Waals surface area (Å²) in [6, 6.07) is 0.654. The second-order valence-corrected chi connectivity index (χ2v) is 6.00. The van der Waals surface area contributed by atoms with Crippen molar-refractivity contribution in [2.45, 2.75) is 69.9 Å². The number of rotatable bonds is 5. The van der Waals surface area contributed by atoms with E-state index in [0.717, 1.165) is 12.5 Å². The van der Waals surface area contributed by atoms with Crippen molar-refractivity contribution in [1.29, 1.82) is 0 Å². The largest absolute Gasteiger partial charge is 0.329 e. The van der Waals surface area contributed by atoms with Gasteiger partial charge in [-0.25, -0.2) is 0 Å². The molecule has 1 saturated carbocycles. The first-order chi connectivity index (χ1) is 8.28. The second kappa shape index (κ2) is 6.01. The highest BCUT2D eigenvalue weighted by Crippen LogP contribution is 2.34. The van der Waals surface area contributed by atoms with Gasteiger partial charge < -0.3 is 11.1 Å². The summed E-state index contributed by atoms with van der Waals surface area (Å²) in [5.74, 6) is 0.961. The molecule has 3 N–H and O–H groups in total. The van der Waals surface area contributed by atoms with Crippen LogP contribution in [0, 0.1) is 5.92 Å². The lowest BCUT2D eigenvalue weighted by atomic mass is 9.74. The Hall–Kier alpha value is -0.340. The minimum absolute atomic E-state index is 0.251. The average Bonchev–Trinajstić information content (AvgIpc) is 2.85. The zero-order valence-electron chi connectivity index (χ0n) is 11.3. The Morgan fingerprint density at radius 3 is 2.41 bits per heavy atom. The maximum absolute atomic E-state index is 6.05. The normalized spacial score (nSPS) is 34.4. The van der Waals surface area contributed by atoms with E-state index in [2.05, 4.69) is 24.4 Å². The molecule has 0 saturated heterocycles. The third-order valence-electron chi connectivity index (χ3n) is 4.67. The first-order valence-corrected chi connectivity index (χ1v) is 7.41. The van der Waals surface area contributed by atoms with Gasteiger partial charge in [-0.3, -0.25) is 0 Å². The highest BCUT2D eigenvalue weighted by Gasteiger charge is 2.35. The lowest BCUT2D eigenvalue weighted by Crippen LogP contribution is -2.56. The van der Waals surface area contributed by atoms with Crippen LogP contribution in [0.5, 0.6) is 0 Å². The first kappa shape index (κ1) is 13.1. The van der Waals surface area contributed by atoms with Crippen LogP contribution in [0.4, 0.5) is 0 Å². The maximum atomic E-state index is 6.05. The number of hydrogen-bond acceptors (Lipinski definition) is 2. The van der Waals surface area contributed by atoms with Crippen LogP contribution in [0.25, 0.3) is 0 Å². The van der Waals surface area contributed by atoms with Crippen molar-refractivity contribution in [2.24, 2.45) is 11.7 Å². The topological polar surface area (TPSA) is 38.0 Å². The minimum atomic E-state index is 0.251. The molecule has 1 fully saturated rings. The fourth-order valence-corrected chi connectivity index (χ4v) is 3.50. The fourth-order valence-electron chi connectivity index (χ4n) is 3.50. The highest BCUT2D eigenvalue weighted by atomic mass is 15.0. The molecule has 0 aromatic rings. The molecule has 0 atom stereocenters. The predicted octanol–water partition coefficient (Wildman–Crippen LogP) is 2.98. The Kier molecular flexibility index (Phi) is 4.63. The van der Waals surface area contributed by atoms with Crippen LogP contribution in [-0.2, 0) is 0 Å². The monoisotopic (exact) mass is 236 g/mol. The van der Waals surface area contributed by atoms with Crippen LogP contribution in [0.1, 0.15) is 58.3 Å². The number of hydrogen-bond donors (Lipinski definition) is 2. The van der Waals surface area contributed by atoms with Crippen molar-refractivity contribution in [3.8, 4) is 0 Å². The highest BCUT2D eigenvalue weighted by molar-refractivity contribution is 5.03. The molecule has 0 aromatic carbocycles. The third kappa shape index (κ3) is 3.32. The molecule has 0 heterocycles. The van der Waals surface area contributed by atoms with E-state index in [-0.39, 0.29) is 5.54 Å². The summed E-state index contributed by atoms with van der Waals surface area (Å²) < 4.78 is 0. The Morgan fingerprint density at radius 1 is 1.24 bits per heavy atom. The Morgan fingerprint density at radius 2 is 1.88 bits per heavy atom. The van der Waals surface area contributed by atoms with E-state index < -0.39 is 0 Å². The Balaban J connectivity index is 1.84. The van der Waals surface area contributed by atoms with Gasteiger partial charge >= 0.3 is 0 Å². The lowest BCUT2D eigenvalue weighted by molar-refractivity contribution is 0.172. The van der Waals surface area contributed by atoms with Crippen molar-refractivity contribution in [3.05, 3.63) is 12.2 Å². The standard InChI is InChI=1S/C15H28N2/c1-2-5-13-8-10-15(12-16,11-9-13)17-14-6-3-4-7-14/h3-4,13-14,17H,2,5-12,16H2,1H3. The molecule has 98 valence electrons. The summed E-state index contributed by atoms with van der Waals surface area (Å²) >= 11 is 0. The summed E-state index contributed by atoms with van der Waals surface area (Å²) in [7, 11) is 0. The number of nitrogens with one attached hydrogen (secondary N) is 1. The van der Waals surface area contributed by atoms with Gasteiger partial charge in [-0.2, -0.15) is 0 Å². The van der Waals surface area contributed by atoms with Crippen LogP contribution in [0.3, 0.4) is 0 Å². The second-order valence-electron chi connectivity index (χ2n) is 6.00. The van der Waals surface area contributed by atoms with E-state index in [0.29, 0.717) is 6.04 Å². The summed E-state index contributed by atoms with van der Waals surface area (Å²) in [4.78, 5) is 0. The molecule has 0 spiro atoms. The van der Waals surface area contributed by atoms with Gasteiger partial charge in [0.2, 0.25) is 0 Å². The van der Waals surface area contributed by atoms with Gasteiger partial charge in [0.05, 0.1) is 0 Å². The molecule has 2 aliphatic carbocycles. The molecule has 0 bridgehead atoms. The summed E-state index contributed by atoms with van der Waals surface area (Å²) in [5, 5.41) is 3.86. The SMILES string of the molecule is CCCC1CCC(CN)(NC2CC=CC2)CC1. The van der Waals surface area contributed by atoms with Crippen molar-refractivity contribution in [2.75, 3.05) is 6.54 Å². The predicted molar refractivity (Wildman–Crippen MR) is 73.9 cm³/mol. The summed E-state index contributed by atoms with van der Waals surface area (Å²) in [6.45, 7) is 3.11. The van der Waals surface area contributed by atoms with E-state index in [4.69, 9.17) is 5.73 Å². The quantitative estimate of drug-likeness (QED) is 0.720. The molecule has 0 aliphatic heterocycles. The van der Waals surface area contributed by atoms with Crippen molar-refractivity contribution >= 4 is 0 Å². The molecule has 0 aromatic heterocycles. The van der Waals surface area contributed by atoms with E-state index in [1.807, 2.05) is 0 Å². The smallest absolute Gasteiger partial charge is 0.0306 e. The van der Waals surface area contributed by atoms with Gasteiger partial charge in [0, 0.05) is 18.1 Å². The maximum Gasteiger partial charge on any atom is 0.0306 e. The molecule has 2 nitrogen and oxygen atoms in total. The molecule has 0 unspecified atom stereocenters. The van der Waals surface area contributed by atoms with Gasteiger partial charge in [0.25, 0.3) is 0 Å². The van der Waals surface area contributed by atoms with Gasteiger partial charge in [-0.05, 0) is 44.4 Å². The molecule has 2 aliphatic rings. The van der Waals surface area contributed by atoms with Gasteiger partial charge in [-0.15, -0.1) is 0 Å². The van der Waals surface area contributed by atoms with Gasteiger partial charge in [0.1, 0.15) is 0 Å². The molecular weight excluding hydrogens is 208 g/mol. The van der Waals surface area contributed by atoms with Crippen LogP contribution in [0.15, 0.2) is 12.2 Å². The van der Waals surface area contributed by atoms with Gasteiger partial charge in [0.15, 0.2) is 0 Å². The molecule has 2 heteroatoms. The number of nitrogens with two attached hydrogens (primary N) is 1. The molecule has 17 heavy (non-hydrogen) atoms. The summed E-state index contributed by atoms with van der Waals surface area (Å²) in [5.41, 5.74) is 6.30. The zero-order valence-corrected chi connectivity index (χ0v) is 11.3. The van der Waals surface area contributed by atoms with E-state index in [9.17, 15) is 0 Å². The Labute approximate surface area is 106 Å². The lowest BCUT2D eigenvalue weighted by Gasteiger charge is -2.42. The van der Waals surface area contributed by atoms with Crippen LogP contribution >= 0.6 is 0 Å². The van der Waals surface area contributed by atoms with Crippen LogP contribution in [-0.4, -0.2) is 18.1 Å². The fraction of sp³-hybridized carbons (Fsp3) is 0.867. The first-order valence-electron chi connectivity index (χ1n) is 7.41. The summed E-state index contributed by atoms with van der Waals surface area (Å²) in [6.07, 6.45) is 15.0. The van der Waals surface area contributed by atoms with E-state index in [1.165, 1.54) is 51.4 Å². The van der Waals surface area contributed by atoms with Crippen LogP contribution < -0.4 is 11.1 Å². The van der Waals surface area contributed by atoms with Crippen molar-refractivity contribution < 1.29 is 0 Å². The Bertz CT molecular complexity index is 244. The van der Waals surface area contributed by atoms with Crippen LogP contribution in [0.2, 0.25) is 0 Å². The van der Waals surface area contributed by atoms with Crippen molar-refractivity contribution in [1.82, 2.24) is 5.32 Å². The molecule has 0 amide bonds. The van der Waals surface area contributed by atoms with Gasteiger partial charge in [-0.1, -0.05) is 31.9 Å². The minimum Gasteiger partial charge on any atom is -0.329 e. The molecule has 2 rings (SSSR count). The molecule has 0 radical (unpaired) electrons. The average molecular weight is 236 g/mol. The van der Waals surface area contributed by atoms with E-state index >= 15 is 0 Å². The molecular formula is C15H28N2.